The summed E-state index contributed by atoms with van der Waals surface area (Å²) in [6.45, 7) is 6.71. The summed E-state index contributed by atoms with van der Waals surface area (Å²) in [4.78, 5) is 38.6. The molecule has 1 amide bonds. The minimum atomic E-state index is -0.566. The third kappa shape index (κ3) is 4.85. The third-order valence-corrected chi connectivity index (χ3v) is 9.55. The van der Waals surface area contributed by atoms with Gasteiger partial charge in [0.1, 0.15) is 11.9 Å². The molecule has 0 heterocycles. The maximum absolute atomic E-state index is 13.6. The van der Waals surface area contributed by atoms with Crippen molar-refractivity contribution in [3.8, 4) is 0 Å². The van der Waals surface area contributed by atoms with Crippen LogP contribution >= 0.6 is 0 Å². The van der Waals surface area contributed by atoms with Crippen LogP contribution < -0.4 is 5.32 Å². The molecule has 3 saturated carbocycles. The normalized spacial score (nSPS) is 29.5. The smallest absolute Gasteiger partial charge is 0.313 e. The van der Waals surface area contributed by atoms with Crippen molar-refractivity contribution in [1.29, 1.82) is 0 Å². The molecule has 5 heteroatoms. The molecule has 0 unspecified atom stereocenters. The fraction of sp³-hybridized carbons (Fsp3) is 0.531. The number of nitrogens with one attached hydrogen (secondary N) is 1. The summed E-state index contributed by atoms with van der Waals surface area (Å²) in [7, 11) is 0. The summed E-state index contributed by atoms with van der Waals surface area (Å²) >= 11 is 0. The van der Waals surface area contributed by atoms with Gasteiger partial charge >= 0.3 is 5.97 Å². The highest BCUT2D eigenvalue weighted by molar-refractivity contribution is 6.04. The van der Waals surface area contributed by atoms with Gasteiger partial charge in [-0.05, 0) is 79.7 Å². The molecule has 0 aromatic heterocycles. The number of rotatable bonds is 6. The van der Waals surface area contributed by atoms with E-state index in [0.29, 0.717) is 17.9 Å². The number of hydrogen-bond acceptors (Lipinski definition) is 4. The topological polar surface area (TPSA) is 72.5 Å². The summed E-state index contributed by atoms with van der Waals surface area (Å²) in [5, 5.41) is 2.98. The average Bonchev–Trinajstić information content (AvgIpc) is 2.86. The Kier molecular flexibility index (Phi) is 6.99. The van der Waals surface area contributed by atoms with Crippen LogP contribution in [0.5, 0.6) is 0 Å². The molecule has 0 radical (unpaired) electrons. The lowest BCUT2D eigenvalue weighted by atomic mass is 9.53. The van der Waals surface area contributed by atoms with Gasteiger partial charge in [-0.15, -0.1) is 0 Å². The molecule has 5 atom stereocenters. The molecule has 3 aliphatic carbocycles. The van der Waals surface area contributed by atoms with Gasteiger partial charge in [-0.25, -0.2) is 0 Å². The minimum absolute atomic E-state index is 0.125. The molecule has 2 aromatic rings. The van der Waals surface area contributed by atoms with Crippen LogP contribution in [0.4, 0.5) is 5.69 Å². The fourth-order valence-electron chi connectivity index (χ4n) is 7.03. The van der Waals surface area contributed by atoms with Crippen molar-refractivity contribution in [3.05, 3.63) is 65.7 Å². The average molecular weight is 502 g/mol. The zero-order valence-electron chi connectivity index (χ0n) is 22.3. The van der Waals surface area contributed by atoms with Crippen LogP contribution in [0.2, 0.25) is 0 Å². The van der Waals surface area contributed by atoms with Gasteiger partial charge in [-0.1, -0.05) is 57.5 Å². The van der Waals surface area contributed by atoms with Gasteiger partial charge in [0.2, 0.25) is 0 Å². The molecule has 196 valence electrons. The van der Waals surface area contributed by atoms with Gasteiger partial charge in [0.05, 0.1) is 5.41 Å². The molecule has 2 aromatic carbocycles. The predicted octanol–water partition coefficient (Wildman–Crippen LogP) is 6.71. The number of fused-ring (bicyclic) bond motifs is 1. The Morgan fingerprint density at radius 2 is 1.70 bits per heavy atom. The summed E-state index contributed by atoms with van der Waals surface area (Å²) in [5.74, 6) is 0.559. The number of ketones is 1. The first-order valence-electron chi connectivity index (χ1n) is 13.9. The largest absolute Gasteiger partial charge is 0.462 e. The fourth-order valence-corrected chi connectivity index (χ4v) is 7.03. The number of hydrogen-bond donors (Lipinski definition) is 1. The third-order valence-electron chi connectivity index (χ3n) is 9.55. The van der Waals surface area contributed by atoms with Crippen LogP contribution in [-0.2, 0) is 19.7 Å². The molecule has 0 aliphatic heterocycles. The highest BCUT2D eigenvalue weighted by Gasteiger charge is 2.58. The number of benzene rings is 2. The molecule has 5 rings (SSSR count). The van der Waals surface area contributed by atoms with Crippen LogP contribution in [0.25, 0.3) is 0 Å². The number of carbonyl (C=O) groups is 3. The van der Waals surface area contributed by atoms with E-state index in [4.69, 9.17) is 4.74 Å². The Morgan fingerprint density at radius 3 is 2.38 bits per heavy atom. The van der Waals surface area contributed by atoms with Crippen molar-refractivity contribution >= 4 is 23.3 Å². The van der Waals surface area contributed by atoms with E-state index in [1.807, 2.05) is 30.3 Å². The first kappa shape index (κ1) is 25.7. The Hall–Kier alpha value is -2.95. The van der Waals surface area contributed by atoms with E-state index in [1.54, 1.807) is 12.1 Å². The zero-order chi connectivity index (χ0) is 26.2. The number of amides is 1. The molecule has 37 heavy (non-hydrogen) atoms. The molecular formula is C32H39NO4. The van der Waals surface area contributed by atoms with E-state index in [-0.39, 0.29) is 41.0 Å². The first-order chi connectivity index (χ1) is 17.7. The van der Waals surface area contributed by atoms with Gasteiger partial charge in [-0.2, -0.15) is 0 Å². The first-order valence-corrected chi connectivity index (χ1v) is 13.9. The van der Waals surface area contributed by atoms with Crippen LogP contribution in [0.1, 0.15) is 88.1 Å². The molecule has 0 spiro atoms. The van der Waals surface area contributed by atoms with Gasteiger partial charge in [0.25, 0.3) is 5.91 Å². The van der Waals surface area contributed by atoms with Crippen molar-refractivity contribution in [1.82, 2.24) is 0 Å². The highest BCUT2D eigenvalue weighted by Crippen LogP contribution is 2.55. The summed E-state index contributed by atoms with van der Waals surface area (Å²) in [6.07, 6.45) is 6.62. The summed E-state index contributed by atoms with van der Waals surface area (Å²) in [6, 6.07) is 17.3. The van der Waals surface area contributed by atoms with E-state index >= 15 is 0 Å². The molecule has 3 fully saturated rings. The molecule has 0 bridgehead atoms. The van der Waals surface area contributed by atoms with Crippen LogP contribution in [-0.4, -0.2) is 23.8 Å². The Morgan fingerprint density at radius 1 is 0.973 bits per heavy atom. The van der Waals surface area contributed by atoms with Crippen molar-refractivity contribution in [2.24, 2.45) is 23.2 Å². The van der Waals surface area contributed by atoms with Crippen molar-refractivity contribution < 1.29 is 19.1 Å². The lowest BCUT2D eigenvalue weighted by molar-refractivity contribution is -0.187. The number of Topliss-reactive ketones (excluding diaryl/α,β-unsaturated/α-hetero) is 1. The summed E-state index contributed by atoms with van der Waals surface area (Å²) in [5.41, 5.74) is 1.76. The van der Waals surface area contributed by atoms with Gasteiger partial charge in [0.15, 0.2) is 0 Å². The number of anilines is 1. The van der Waals surface area contributed by atoms with Crippen molar-refractivity contribution in [2.75, 3.05) is 5.32 Å². The SMILES string of the molecule is C[C@@H]1CC[C@@H](C(C)(C)c2ccc(NC(=O)c3ccccc3)cc2)[C@H](OC(=O)[C@]23CCCC(=O)[C@H]2CC3)C1. The Bertz CT molecular complexity index is 1160. The van der Waals surface area contributed by atoms with Crippen molar-refractivity contribution in [3.63, 3.8) is 0 Å². The Balaban J connectivity index is 1.31. The maximum Gasteiger partial charge on any atom is 0.313 e. The lowest BCUT2D eigenvalue weighted by Crippen LogP contribution is -2.55. The minimum Gasteiger partial charge on any atom is -0.462 e. The van der Waals surface area contributed by atoms with Gasteiger partial charge < -0.3 is 10.1 Å². The van der Waals surface area contributed by atoms with E-state index in [2.05, 4.69) is 38.2 Å². The number of ether oxygens (including phenoxy) is 1. The van der Waals surface area contributed by atoms with Gasteiger partial charge in [0, 0.05) is 29.5 Å². The number of carbonyl (C=O) groups excluding carboxylic acids is 3. The molecule has 5 nitrogen and oxygen atoms in total. The Labute approximate surface area is 220 Å². The second-order valence-electron chi connectivity index (χ2n) is 12.2. The van der Waals surface area contributed by atoms with E-state index in [0.717, 1.165) is 50.6 Å². The molecule has 3 aliphatic rings. The maximum atomic E-state index is 13.6. The monoisotopic (exact) mass is 501 g/mol. The van der Waals surface area contributed by atoms with E-state index in [1.165, 1.54) is 5.56 Å². The number of esters is 1. The van der Waals surface area contributed by atoms with Gasteiger partial charge in [-0.3, -0.25) is 14.4 Å². The van der Waals surface area contributed by atoms with Crippen LogP contribution in [0.15, 0.2) is 54.6 Å². The molecular weight excluding hydrogens is 462 g/mol. The van der Waals surface area contributed by atoms with Crippen molar-refractivity contribution in [2.45, 2.75) is 83.7 Å². The van der Waals surface area contributed by atoms with E-state index < -0.39 is 5.41 Å². The molecule has 0 saturated heterocycles. The van der Waals surface area contributed by atoms with Crippen LogP contribution in [0, 0.1) is 23.2 Å². The predicted molar refractivity (Wildman–Crippen MR) is 144 cm³/mol. The van der Waals surface area contributed by atoms with Crippen LogP contribution in [0.3, 0.4) is 0 Å². The second kappa shape index (κ2) is 10.1. The summed E-state index contributed by atoms with van der Waals surface area (Å²) < 4.78 is 6.37. The van der Waals surface area contributed by atoms with E-state index in [9.17, 15) is 14.4 Å². The second-order valence-corrected chi connectivity index (χ2v) is 12.2. The lowest BCUT2D eigenvalue weighted by Gasteiger charge is -2.51. The standard InChI is InChI=1S/C32H39NO4/c1-21-11-16-26(28(20-21)37-30(36)32-18-7-10-27(34)25(32)17-19-32)31(2,3)23-12-14-24(15-13-23)33-29(35)22-8-5-4-6-9-22/h4-6,8-9,12-15,21,25-26,28H,7,10-11,16-20H2,1-3H3,(H,33,35)/t21-,25-,26-,28-,32+/m1/s1. The highest BCUT2D eigenvalue weighted by atomic mass is 16.5. The molecule has 1 N–H and O–H groups in total. The zero-order valence-corrected chi connectivity index (χ0v) is 22.3. The quantitative estimate of drug-likeness (QED) is 0.446.